The van der Waals surface area contributed by atoms with Gasteiger partial charge in [-0.3, -0.25) is 14.9 Å². The molecule has 0 spiro atoms. The lowest BCUT2D eigenvalue weighted by Crippen LogP contribution is -1.92. The molecule has 0 bridgehead atoms. The van der Waals surface area contributed by atoms with Crippen molar-refractivity contribution < 1.29 is 14.1 Å². The van der Waals surface area contributed by atoms with Gasteiger partial charge in [0.1, 0.15) is 5.76 Å². The van der Waals surface area contributed by atoms with Crippen LogP contribution in [0.15, 0.2) is 34.7 Å². The lowest BCUT2D eigenvalue weighted by Gasteiger charge is -2.02. The number of non-ortho nitro benzene ring substituents is 1. The maximum absolute atomic E-state index is 11.5. The van der Waals surface area contributed by atoms with Crippen LogP contribution in [0.3, 0.4) is 0 Å². The van der Waals surface area contributed by atoms with Gasteiger partial charge in [-0.15, -0.1) is 0 Å². The number of rotatable bonds is 4. The highest BCUT2D eigenvalue weighted by Gasteiger charge is 2.14. The van der Waals surface area contributed by atoms with Crippen LogP contribution in [0.5, 0.6) is 0 Å². The summed E-state index contributed by atoms with van der Waals surface area (Å²) in [5, 5.41) is 10.7. The Labute approximate surface area is 110 Å². The molecule has 0 unspecified atom stereocenters. The number of carbonyl (C=O) groups excluding carboxylic acids is 1. The number of aryl methyl sites for hydroxylation is 1. The molecule has 98 valence electrons. The van der Waals surface area contributed by atoms with Crippen molar-refractivity contribution in [2.45, 2.75) is 20.3 Å². The fourth-order valence-corrected chi connectivity index (χ4v) is 1.84. The van der Waals surface area contributed by atoms with Crippen LogP contribution >= 0.6 is 0 Å². The minimum Gasteiger partial charge on any atom is -0.453 e. The topological polar surface area (TPSA) is 73.3 Å². The zero-order chi connectivity index (χ0) is 14.0. The minimum absolute atomic E-state index is 0.0395. The van der Waals surface area contributed by atoms with Crippen molar-refractivity contribution in [1.82, 2.24) is 0 Å². The predicted octanol–water partition coefficient (Wildman–Crippen LogP) is 3.76. The number of hydrogen-bond donors (Lipinski definition) is 0. The maximum atomic E-state index is 11.5. The van der Waals surface area contributed by atoms with Crippen LogP contribution < -0.4 is 0 Å². The second kappa shape index (κ2) is 5.06. The Morgan fingerprint density at radius 1 is 1.32 bits per heavy atom. The van der Waals surface area contributed by atoms with Gasteiger partial charge in [-0.1, -0.05) is 6.92 Å². The second-order valence-corrected chi connectivity index (χ2v) is 4.20. The molecule has 0 radical (unpaired) electrons. The molecule has 1 aromatic carbocycles. The highest BCUT2D eigenvalue weighted by molar-refractivity contribution is 5.93. The third-order valence-corrected chi connectivity index (χ3v) is 2.89. The molecule has 5 nitrogen and oxygen atoms in total. The van der Waals surface area contributed by atoms with E-state index in [9.17, 15) is 14.9 Å². The molecule has 0 aliphatic rings. The van der Waals surface area contributed by atoms with Gasteiger partial charge in [0.05, 0.1) is 4.92 Å². The first-order chi connectivity index (χ1) is 9.02. The van der Waals surface area contributed by atoms with Gasteiger partial charge in [0, 0.05) is 24.1 Å². The van der Waals surface area contributed by atoms with Gasteiger partial charge >= 0.3 is 0 Å². The Balaban J connectivity index is 2.39. The van der Waals surface area contributed by atoms with Crippen LogP contribution in [0.4, 0.5) is 5.69 Å². The lowest BCUT2D eigenvalue weighted by atomic mass is 10.1. The van der Waals surface area contributed by atoms with E-state index >= 15 is 0 Å². The van der Waals surface area contributed by atoms with E-state index in [0.29, 0.717) is 17.9 Å². The molecule has 0 aliphatic carbocycles. The molecule has 1 heterocycles. The number of ketones is 1. The first kappa shape index (κ1) is 13.0. The summed E-state index contributed by atoms with van der Waals surface area (Å²) in [5.74, 6) is 0.797. The molecular formula is C14H13NO4. The Bertz CT molecular complexity index is 643. The number of nitrogens with zero attached hydrogens (tertiary/aromatic N) is 1. The predicted molar refractivity (Wildman–Crippen MR) is 70.2 cm³/mol. The molecule has 0 saturated heterocycles. The molecule has 2 aromatic rings. The molecule has 0 fully saturated rings. The summed E-state index contributed by atoms with van der Waals surface area (Å²) < 4.78 is 5.48. The Hall–Kier alpha value is -2.43. The molecule has 0 aliphatic heterocycles. The third-order valence-electron chi connectivity index (χ3n) is 2.89. The van der Waals surface area contributed by atoms with Gasteiger partial charge in [0.15, 0.2) is 11.5 Å². The summed E-state index contributed by atoms with van der Waals surface area (Å²) in [4.78, 5) is 21.7. The smallest absolute Gasteiger partial charge is 0.269 e. The monoisotopic (exact) mass is 259 g/mol. The maximum Gasteiger partial charge on any atom is 0.269 e. The molecule has 2 rings (SSSR count). The first-order valence-corrected chi connectivity index (χ1v) is 5.91. The number of benzene rings is 1. The number of nitro groups is 1. The van der Waals surface area contributed by atoms with E-state index in [0.717, 1.165) is 11.1 Å². The fourth-order valence-electron chi connectivity index (χ4n) is 1.84. The largest absolute Gasteiger partial charge is 0.453 e. The molecule has 0 N–H and O–H groups in total. The highest BCUT2D eigenvalue weighted by atomic mass is 16.6. The quantitative estimate of drug-likeness (QED) is 0.476. The van der Waals surface area contributed by atoms with Crippen molar-refractivity contribution in [3.63, 3.8) is 0 Å². The number of nitro benzene ring substituents is 1. The Kier molecular flexibility index (Phi) is 3.46. The van der Waals surface area contributed by atoms with Gasteiger partial charge in [-0.05, 0) is 30.7 Å². The van der Waals surface area contributed by atoms with E-state index in [2.05, 4.69) is 0 Å². The minimum atomic E-state index is -0.440. The third kappa shape index (κ3) is 2.54. The van der Waals surface area contributed by atoms with E-state index in [-0.39, 0.29) is 11.5 Å². The number of hydrogen-bond acceptors (Lipinski definition) is 4. The average molecular weight is 259 g/mol. The van der Waals surface area contributed by atoms with Gasteiger partial charge in [0.2, 0.25) is 0 Å². The second-order valence-electron chi connectivity index (χ2n) is 4.20. The molecule has 1 aromatic heterocycles. The molecule has 5 heteroatoms. The summed E-state index contributed by atoms with van der Waals surface area (Å²) in [7, 11) is 0. The average Bonchev–Trinajstić information content (AvgIpc) is 2.87. The van der Waals surface area contributed by atoms with Crippen molar-refractivity contribution >= 4 is 11.5 Å². The van der Waals surface area contributed by atoms with Crippen LogP contribution in [0.2, 0.25) is 0 Å². The molecule has 0 amide bonds. The van der Waals surface area contributed by atoms with E-state index in [1.807, 2.05) is 0 Å². The first-order valence-electron chi connectivity index (χ1n) is 5.91. The van der Waals surface area contributed by atoms with Crippen LogP contribution in [0.25, 0.3) is 11.3 Å². The molecular weight excluding hydrogens is 246 g/mol. The normalized spacial score (nSPS) is 10.4. The number of furan rings is 1. The van der Waals surface area contributed by atoms with Crippen molar-refractivity contribution in [1.29, 1.82) is 0 Å². The van der Waals surface area contributed by atoms with Gasteiger partial charge in [-0.2, -0.15) is 0 Å². The number of Topliss-reactive ketones (excluding diaryl/α,β-unsaturated/α-hetero) is 1. The molecule has 0 atom stereocenters. The van der Waals surface area contributed by atoms with Crippen molar-refractivity contribution in [3.05, 3.63) is 51.8 Å². The van der Waals surface area contributed by atoms with Crippen LogP contribution in [-0.4, -0.2) is 10.7 Å². The van der Waals surface area contributed by atoms with E-state index in [1.54, 1.807) is 32.0 Å². The number of carbonyl (C=O) groups is 1. The van der Waals surface area contributed by atoms with Crippen LogP contribution in [0.1, 0.15) is 29.5 Å². The standard InChI is InChI=1S/C14H13NO4/c1-3-12(16)14-7-6-13(19-14)11-5-4-10(15(17)18)8-9(11)2/h4-8H,3H2,1-2H3. The summed E-state index contributed by atoms with van der Waals surface area (Å²) in [6, 6.07) is 7.87. The SMILES string of the molecule is CCC(=O)c1ccc(-c2ccc([N+](=O)[O-])cc2C)o1. The van der Waals surface area contributed by atoms with Crippen molar-refractivity contribution in [3.8, 4) is 11.3 Å². The van der Waals surface area contributed by atoms with Crippen molar-refractivity contribution in [2.24, 2.45) is 0 Å². The molecule has 19 heavy (non-hydrogen) atoms. The zero-order valence-corrected chi connectivity index (χ0v) is 10.7. The summed E-state index contributed by atoms with van der Waals surface area (Å²) in [5.41, 5.74) is 1.53. The van der Waals surface area contributed by atoms with Crippen molar-refractivity contribution in [2.75, 3.05) is 0 Å². The Morgan fingerprint density at radius 2 is 2.05 bits per heavy atom. The van der Waals surface area contributed by atoms with Gasteiger partial charge < -0.3 is 4.42 Å². The lowest BCUT2D eigenvalue weighted by molar-refractivity contribution is -0.384. The van der Waals surface area contributed by atoms with Gasteiger partial charge in [0.25, 0.3) is 5.69 Å². The summed E-state index contributed by atoms with van der Waals surface area (Å²) in [6.45, 7) is 3.54. The van der Waals surface area contributed by atoms with E-state index in [4.69, 9.17) is 4.42 Å². The summed E-state index contributed by atoms with van der Waals surface area (Å²) >= 11 is 0. The molecule has 0 saturated carbocycles. The van der Waals surface area contributed by atoms with E-state index in [1.165, 1.54) is 12.1 Å². The van der Waals surface area contributed by atoms with Gasteiger partial charge in [-0.25, -0.2) is 0 Å². The van der Waals surface area contributed by atoms with Crippen LogP contribution in [-0.2, 0) is 0 Å². The summed E-state index contributed by atoms with van der Waals surface area (Å²) in [6.07, 6.45) is 0.381. The zero-order valence-electron chi connectivity index (χ0n) is 10.7. The fraction of sp³-hybridized carbons (Fsp3) is 0.214. The highest BCUT2D eigenvalue weighted by Crippen LogP contribution is 2.28. The Morgan fingerprint density at radius 3 is 2.63 bits per heavy atom. The van der Waals surface area contributed by atoms with E-state index < -0.39 is 4.92 Å². The van der Waals surface area contributed by atoms with Crippen LogP contribution in [0, 0.1) is 17.0 Å².